The molecule has 2 rings (SSSR count). The molecule has 0 bridgehead atoms. The van der Waals surface area contributed by atoms with Gasteiger partial charge in [-0.05, 0) is 0 Å². The van der Waals surface area contributed by atoms with E-state index >= 15 is 0 Å². The molecule has 8 nitrogen and oxygen atoms in total. The van der Waals surface area contributed by atoms with E-state index in [4.69, 9.17) is 9.84 Å². The lowest BCUT2D eigenvalue weighted by atomic mass is 10.3. The van der Waals surface area contributed by atoms with Crippen LogP contribution in [0.15, 0.2) is 12.4 Å². The molecule has 1 fully saturated rings. The summed E-state index contributed by atoms with van der Waals surface area (Å²) in [6.07, 6.45) is 1.86. The number of morpholine rings is 1. The molecule has 1 aromatic heterocycles. The summed E-state index contributed by atoms with van der Waals surface area (Å²) < 4.78 is 9.67. The lowest BCUT2D eigenvalue weighted by Crippen LogP contribution is -2.46. The minimum absolute atomic E-state index is 0.0818. The van der Waals surface area contributed by atoms with Crippen LogP contribution >= 0.6 is 0 Å². The highest BCUT2D eigenvalue weighted by atomic mass is 16.5. The first kappa shape index (κ1) is 13.2. The Labute approximate surface area is 109 Å². The molecular weight excluding hydrogens is 254 g/mol. The molecule has 1 aliphatic rings. The number of esters is 1. The Balaban J connectivity index is 2.17. The number of hydrogen-bond acceptors (Lipinski definition) is 7. The van der Waals surface area contributed by atoms with Gasteiger partial charge in [0.2, 0.25) is 0 Å². The number of rotatable bonds is 3. The number of carboxylic acid groups (broad SMARTS) is 1. The van der Waals surface area contributed by atoms with Crippen molar-refractivity contribution in [2.75, 3.05) is 31.7 Å². The molecule has 1 N–H and O–H groups in total. The van der Waals surface area contributed by atoms with Crippen LogP contribution in [0.2, 0.25) is 0 Å². The van der Waals surface area contributed by atoms with E-state index in [2.05, 4.69) is 14.7 Å². The number of ether oxygens (including phenoxy) is 2. The van der Waals surface area contributed by atoms with Crippen LogP contribution in [0, 0.1) is 0 Å². The Morgan fingerprint density at radius 1 is 1.53 bits per heavy atom. The molecule has 1 unspecified atom stereocenters. The van der Waals surface area contributed by atoms with Crippen molar-refractivity contribution < 1.29 is 24.2 Å². The van der Waals surface area contributed by atoms with Crippen molar-refractivity contribution in [3.05, 3.63) is 18.1 Å². The standard InChI is InChI=1S/C11H13N3O5/c1-18-11(17)7-4-12-5-9(13-7)14-2-3-19-8(6-14)10(15)16/h4-5,8H,2-3,6H2,1H3,(H,15,16). The zero-order valence-corrected chi connectivity index (χ0v) is 10.3. The molecule has 19 heavy (non-hydrogen) atoms. The van der Waals surface area contributed by atoms with Crippen LogP contribution in [0.25, 0.3) is 0 Å². The lowest BCUT2D eigenvalue weighted by Gasteiger charge is -2.31. The van der Waals surface area contributed by atoms with Gasteiger partial charge in [0.15, 0.2) is 11.8 Å². The molecule has 0 radical (unpaired) electrons. The number of methoxy groups -OCH3 is 1. The fraction of sp³-hybridized carbons (Fsp3) is 0.455. The van der Waals surface area contributed by atoms with Gasteiger partial charge in [-0.1, -0.05) is 0 Å². The number of aliphatic carboxylic acids is 1. The van der Waals surface area contributed by atoms with Crippen molar-refractivity contribution in [2.45, 2.75) is 6.10 Å². The van der Waals surface area contributed by atoms with Crippen molar-refractivity contribution in [1.29, 1.82) is 0 Å². The molecule has 1 aromatic rings. The van der Waals surface area contributed by atoms with E-state index in [1.165, 1.54) is 19.5 Å². The second kappa shape index (κ2) is 5.61. The summed E-state index contributed by atoms with van der Waals surface area (Å²) >= 11 is 0. The van der Waals surface area contributed by atoms with Gasteiger partial charge in [-0.25, -0.2) is 14.6 Å². The lowest BCUT2D eigenvalue weighted by molar-refractivity contribution is -0.150. The molecule has 102 valence electrons. The van der Waals surface area contributed by atoms with E-state index in [0.717, 1.165) is 0 Å². The van der Waals surface area contributed by atoms with E-state index in [9.17, 15) is 9.59 Å². The van der Waals surface area contributed by atoms with Crippen LogP contribution in [0.1, 0.15) is 10.5 Å². The zero-order valence-electron chi connectivity index (χ0n) is 10.3. The van der Waals surface area contributed by atoms with Crippen LogP contribution in [-0.2, 0) is 14.3 Å². The van der Waals surface area contributed by atoms with E-state index < -0.39 is 18.0 Å². The van der Waals surface area contributed by atoms with E-state index in [1.54, 1.807) is 4.90 Å². The summed E-state index contributed by atoms with van der Waals surface area (Å²) in [5.74, 6) is -1.18. The molecule has 1 saturated heterocycles. The van der Waals surface area contributed by atoms with Gasteiger partial charge in [-0.15, -0.1) is 0 Å². The summed E-state index contributed by atoms with van der Waals surface area (Å²) in [7, 11) is 1.26. The molecule has 1 aliphatic heterocycles. The van der Waals surface area contributed by atoms with Gasteiger partial charge >= 0.3 is 11.9 Å². The van der Waals surface area contributed by atoms with Crippen LogP contribution < -0.4 is 4.90 Å². The zero-order chi connectivity index (χ0) is 13.8. The van der Waals surface area contributed by atoms with E-state index in [-0.39, 0.29) is 18.8 Å². The maximum Gasteiger partial charge on any atom is 0.358 e. The molecule has 0 aliphatic carbocycles. The molecule has 0 spiro atoms. The predicted octanol–water partition coefficient (Wildman–Crippen LogP) is -0.447. The number of hydrogen-bond donors (Lipinski definition) is 1. The third-order valence-electron chi connectivity index (χ3n) is 2.68. The number of carbonyl (C=O) groups excluding carboxylic acids is 1. The second-order valence-corrected chi connectivity index (χ2v) is 3.90. The number of aromatic nitrogens is 2. The Hall–Kier alpha value is -2.22. The number of carbonyl (C=O) groups is 2. The maximum absolute atomic E-state index is 11.4. The van der Waals surface area contributed by atoms with Gasteiger partial charge in [-0.3, -0.25) is 4.98 Å². The summed E-state index contributed by atoms with van der Waals surface area (Å²) in [4.78, 5) is 32.0. The molecule has 0 saturated carbocycles. The van der Waals surface area contributed by atoms with Crippen molar-refractivity contribution in [3.8, 4) is 0 Å². The molecule has 0 aromatic carbocycles. The van der Waals surface area contributed by atoms with Gasteiger partial charge in [0.1, 0.15) is 5.82 Å². The highest BCUT2D eigenvalue weighted by Crippen LogP contribution is 2.15. The fourth-order valence-corrected chi connectivity index (χ4v) is 1.72. The maximum atomic E-state index is 11.4. The summed E-state index contributed by atoms with van der Waals surface area (Å²) in [5.41, 5.74) is 0.0818. The Morgan fingerprint density at radius 2 is 2.32 bits per heavy atom. The van der Waals surface area contributed by atoms with Gasteiger partial charge in [0.25, 0.3) is 0 Å². The number of carboxylic acids is 1. The number of anilines is 1. The third kappa shape index (κ3) is 2.97. The van der Waals surface area contributed by atoms with E-state index in [0.29, 0.717) is 12.4 Å². The first-order chi connectivity index (χ1) is 9.11. The minimum atomic E-state index is -1.03. The third-order valence-corrected chi connectivity index (χ3v) is 2.68. The topological polar surface area (TPSA) is 102 Å². The van der Waals surface area contributed by atoms with Gasteiger partial charge in [0, 0.05) is 6.54 Å². The molecule has 8 heteroatoms. The Morgan fingerprint density at radius 3 is 3.00 bits per heavy atom. The largest absolute Gasteiger partial charge is 0.479 e. The monoisotopic (exact) mass is 267 g/mol. The SMILES string of the molecule is COC(=O)c1cncc(N2CCOC(C(=O)O)C2)n1. The highest BCUT2D eigenvalue weighted by molar-refractivity contribution is 5.87. The van der Waals surface area contributed by atoms with Crippen molar-refractivity contribution in [2.24, 2.45) is 0 Å². The summed E-state index contributed by atoms with van der Waals surface area (Å²) in [6.45, 7) is 0.929. The molecule has 1 atom stereocenters. The highest BCUT2D eigenvalue weighted by Gasteiger charge is 2.27. The normalized spacial score (nSPS) is 19.0. The van der Waals surface area contributed by atoms with E-state index in [1.807, 2.05) is 0 Å². The second-order valence-electron chi connectivity index (χ2n) is 3.90. The smallest absolute Gasteiger partial charge is 0.358 e. The first-order valence-corrected chi connectivity index (χ1v) is 5.61. The summed E-state index contributed by atoms with van der Waals surface area (Å²) in [5, 5.41) is 8.92. The van der Waals surface area contributed by atoms with Crippen LogP contribution in [0.3, 0.4) is 0 Å². The summed E-state index contributed by atoms with van der Waals surface area (Å²) in [6, 6.07) is 0. The first-order valence-electron chi connectivity index (χ1n) is 5.61. The molecular formula is C11H13N3O5. The molecule has 0 amide bonds. The number of nitrogens with zero attached hydrogens (tertiary/aromatic N) is 3. The van der Waals surface area contributed by atoms with Crippen molar-refractivity contribution >= 4 is 17.8 Å². The minimum Gasteiger partial charge on any atom is -0.479 e. The van der Waals surface area contributed by atoms with Crippen molar-refractivity contribution in [3.63, 3.8) is 0 Å². The van der Waals surface area contributed by atoms with Crippen LogP contribution in [0.4, 0.5) is 5.82 Å². The predicted molar refractivity (Wildman–Crippen MR) is 63.0 cm³/mol. The average molecular weight is 267 g/mol. The van der Waals surface area contributed by atoms with Crippen molar-refractivity contribution in [1.82, 2.24) is 9.97 Å². The fourth-order valence-electron chi connectivity index (χ4n) is 1.72. The molecule has 2 heterocycles. The van der Waals surface area contributed by atoms with Crippen LogP contribution in [0.5, 0.6) is 0 Å². The van der Waals surface area contributed by atoms with Gasteiger partial charge in [-0.2, -0.15) is 0 Å². The Bertz CT molecular complexity index is 493. The quantitative estimate of drug-likeness (QED) is 0.735. The van der Waals surface area contributed by atoms with Gasteiger partial charge in [0.05, 0.1) is 32.7 Å². The van der Waals surface area contributed by atoms with Gasteiger partial charge < -0.3 is 19.5 Å². The average Bonchev–Trinajstić information content (AvgIpc) is 2.46. The van der Waals surface area contributed by atoms with Crippen LogP contribution in [-0.4, -0.2) is 59.9 Å². The Kier molecular flexibility index (Phi) is 3.91.